The van der Waals surface area contributed by atoms with Crippen molar-refractivity contribution in [2.45, 2.75) is 19.9 Å². The number of carbonyl (C=O) groups is 1. The number of hydrogen-bond donors (Lipinski definition) is 1. The van der Waals surface area contributed by atoms with Gasteiger partial charge in [-0.25, -0.2) is 15.0 Å². The maximum absolute atomic E-state index is 11.6. The number of halogens is 2. The summed E-state index contributed by atoms with van der Waals surface area (Å²) >= 11 is 12.6. The molecule has 2 aliphatic rings. The molecule has 0 saturated carbocycles. The van der Waals surface area contributed by atoms with Crippen molar-refractivity contribution in [3.8, 4) is 22.9 Å². The van der Waals surface area contributed by atoms with E-state index in [1.54, 1.807) is 18.5 Å². The fourth-order valence-corrected chi connectivity index (χ4v) is 5.51. The van der Waals surface area contributed by atoms with Gasteiger partial charge in [-0.2, -0.15) is 0 Å². The van der Waals surface area contributed by atoms with Gasteiger partial charge in [0.1, 0.15) is 0 Å². The van der Waals surface area contributed by atoms with Crippen LogP contribution < -0.4 is 15.0 Å². The van der Waals surface area contributed by atoms with E-state index in [0.717, 1.165) is 75.7 Å². The van der Waals surface area contributed by atoms with Crippen LogP contribution in [0.3, 0.4) is 0 Å². The fourth-order valence-electron chi connectivity index (χ4n) is 4.98. The molecule has 0 unspecified atom stereocenters. The third kappa shape index (κ3) is 8.50. The maximum Gasteiger partial charge on any atom is 0.307 e. The monoisotopic (exact) mass is 599 g/mol. The number of aromatic nitrogens is 3. The van der Waals surface area contributed by atoms with Gasteiger partial charge in [0.15, 0.2) is 5.75 Å². The molecule has 0 aliphatic carbocycles. The summed E-state index contributed by atoms with van der Waals surface area (Å²) in [6.07, 6.45) is 3.76. The molecule has 41 heavy (non-hydrogen) atoms. The largest absolute Gasteiger partial charge is 0.466 e. The standard InChI is InChI=1S/C29H35Cl2N7O3/c1-2-40-28(39)3-6-36-9-11-38(12-10-36)29-33-18-25(19-34-29)41-27-14-21(20-37-7-4-32-5-8-37)13-26(35-27)22-15-23(30)17-24(31)16-22/h13-19,32H,2-12,20H2,1H3. The van der Waals surface area contributed by atoms with Crippen LogP contribution in [-0.2, 0) is 16.1 Å². The predicted octanol–water partition coefficient (Wildman–Crippen LogP) is 4.12. The molecule has 0 atom stereocenters. The van der Waals surface area contributed by atoms with Gasteiger partial charge in [-0.15, -0.1) is 0 Å². The Kier molecular flexibility index (Phi) is 10.2. The normalized spacial score (nSPS) is 16.5. The summed E-state index contributed by atoms with van der Waals surface area (Å²) in [6.45, 7) is 10.8. The second-order valence-electron chi connectivity index (χ2n) is 10.1. The van der Waals surface area contributed by atoms with Crippen LogP contribution in [0.5, 0.6) is 11.6 Å². The summed E-state index contributed by atoms with van der Waals surface area (Å²) in [5.41, 5.74) is 2.64. The molecular formula is C29H35Cl2N7O3. The minimum Gasteiger partial charge on any atom is -0.466 e. The quantitative estimate of drug-likeness (QED) is 0.343. The third-order valence-corrected chi connectivity index (χ3v) is 7.50. The van der Waals surface area contributed by atoms with Gasteiger partial charge in [0.05, 0.1) is 31.1 Å². The molecule has 4 heterocycles. The van der Waals surface area contributed by atoms with Crippen molar-refractivity contribution in [3.05, 3.63) is 58.3 Å². The molecular weight excluding hydrogens is 565 g/mol. The van der Waals surface area contributed by atoms with Gasteiger partial charge in [-0.05, 0) is 36.8 Å². The Morgan fingerprint density at radius 1 is 0.927 bits per heavy atom. The van der Waals surface area contributed by atoms with Crippen molar-refractivity contribution in [2.75, 3.05) is 70.4 Å². The Morgan fingerprint density at radius 2 is 1.63 bits per heavy atom. The lowest BCUT2D eigenvalue weighted by Crippen LogP contribution is -2.47. The number of pyridine rings is 1. The lowest BCUT2D eigenvalue weighted by atomic mass is 10.1. The highest BCUT2D eigenvalue weighted by Crippen LogP contribution is 2.30. The number of rotatable bonds is 10. The first-order valence-corrected chi connectivity index (χ1v) is 14.7. The van der Waals surface area contributed by atoms with Crippen LogP contribution in [0.15, 0.2) is 42.7 Å². The van der Waals surface area contributed by atoms with E-state index in [-0.39, 0.29) is 5.97 Å². The zero-order chi connectivity index (χ0) is 28.6. The minimum atomic E-state index is -0.152. The number of hydrogen-bond acceptors (Lipinski definition) is 10. The smallest absolute Gasteiger partial charge is 0.307 e. The Hall–Kier alpha value is -3.02. The predicted molar refractivity (Wildman–Crippen MR) is 160 cm³/mol. The van der Waals surface area contributed by atoms with Crippen molar-refractivity contribution in [1.29, 1.82) is 0 Å². The van der Waals surface area contributed by atoms with Crippen molar-refractivity contribution in [2.24, 2.45) is 0 Å². The van der Waals surface area contributed by atoms with Crippen LogP contribution in [-0.4, -0.2) is 96.2 Å². The number of carbonyl (C=O) groups excluding carboxylic acids is 1. The molecule has 218 valence electrons. The number of ether oxygens (including phenoxy) is 2. The average Bonchev–Trinajstić information content (AvgIpc) is 2.97. The van der Waals surface area contributed by atoms with E-state index in [4.69, 9.17) is 37.7 Å². The van der Waals surface area contributed by atoms with E-state index < -0.39 is 0 Å². The average molecular weight is 601 g/mol. The van der Waals surface area contributed by atoms with E-state index in [9.17, 15) is 4.79 Å². The Labute approximate surface area is 250 Å². The lowest BCUT2D eigenvalue weighted by molar-refractivity contribution is -0.143. The zero-order valence-electron chi connectivity index (χ0n) is 23.2. The number of benzene rings is 1. The molecule has 2 saturated heterocycles. The van der Waals surface area contributed by atoms with E-state index >= 15 is 0 Å². The molecule has 3 aromatic rings. The second kappa shape index (κ2) is 14.2. The van der Waals surface area contributed by atoms with Gasteiger partial charge in [0, 0.05) is 87.1 Å². The second-order valence-corrected chi connectivity index (χ2v) is 11.0. The Morgan fingerprint density at radius 3 is 2.32 bits per heavy atom. The van der Waals surface area contributed by atoms with Gasteiger partial charge in [-0.1, -0.05) is 23.2 Å². The highest BCUT2D eigenvalue weighted by atomic mass is 35.5. The molecule has 12 heteroatoms. The molecule has 1 N–H and O–H groups in total. The number of nitrogens with zero attached hydrogens (tertiary/aromatic N) is 6. The molecule has 0 spiro atoms. The molecule has 2 aliphatic heterocycles. The van der Waals surface area contributed by atoms with Gasteiger partial charge in [-0.3, -0.25) is 14.6 Å². The van der Waals surface area contributed by atoms with Gasteiger partial charge in [0.2, 0.25) is 11.8 Å². The van der Waals surface area contributed by atoms with Gasteiger partial charge < -0.3 is 19.7 Å². The molecule has 0 bridgehead atoms. The van der Waals surface area contributed by atoms with Crippen molar-refractivity contribution < 1.29 is 14.3 Å². The summed E-state index contributed by atoms with van der Waals surface area (Å²) in [5.74, 6) is 1.46. The maximum atomic E-state index is 11.6. The molecule has 2 fully saturated rings. The van der Waals surface area contributed by atoms with Crippen LogP contribution in [0.1, 0.15) is 18.9 Å². The first-order chi connectivity index (χ1) is 19.9. The van der Waals surface area contributed by atoms with Crippen LogP contribution in [0.4, 0.5) is 5.95 Å². The van der Waals surface area contributed by atoms with E-state index in [1.165, 1.54) is 0 Å². The first kappa shape index (κ1) is 29.5. The molecule has 0 amide bonds. The van der Waals surface area contributed by atoms with Crippen LogP contribution >= 0.6 is 23.2 Å². The van der Waals surface area contributed by atoms with Crippen LogP contribution in [0.2, 0.25) is 10.0 Å². The lowest BCUT2D eigenvalue weighted by Gasteiger charge is -2.34. The summed E-state index contributed by atoms with van der Waals surface area (Å²) in [5, 5.41) is 4.49. The summed E-state index contributed by atoms with van der Waals surface area (Å²) in [7, 11) is 0. The van der Waals surface area contributed by atoms with Gasteiger partial charge in [0.25, 0.3) is 0 Å². The summed E-state index contributed by atoms with van der Waals surface area (Å²) in [6, 6.07) is 9.42. The number of esters is 1. The Balaban J connectivity index is 1.26. The van der Waals surface area contributed by atoms with Crippen molar-refractivity contribution >= 4 is 35.1 Å². The SMILES string of the molecule is CCOC(=O)CCN1CCN(c2ncc(Oc3cc(CN4CCNCC4)cc(-c4cc(Cl)cc(Cl)c4)n3)cn2)CC1. The van der Waals surface area contributed by atoms with Crippen LogP contribution in [0.25, 0.3) is 11.3 Å². The number of anilines is 1. The molecule has 0 radical (unpaired) electrons. The van der Waals surface area contributed by atoms with Crippen molar-refractivity contribution in [1.82, 2.24) is 30.1 Å². The van der Waals surface area contributed by atoms with E-state index in [0.29, 0.717) is 47.2 Å². The highest BCUT2D eigenvalue weighted by Gasteiger charge is 2.20. The van der Waals surface area contributed by atoms with E-state index in [2.05, 4.69) is 36.1 Å². The third-order valence-electron chi connectivity index (χ3n) is 7.07. The minimum absolute atomic E-state index is 0.152. The highest BCUT2D eigenvalue weighted by molar-refractivity contribution is 6.35. The van der Waals surface area contributed by atoms with E-state index in [1.807, 2.05) is 25.1 Å². The first-order valence-electron chi connectivity index (χ1n) is 14.0. The summed E-state index contributed by atoms with van der Waals surface area (Å²) < 4.78 is 11.2. The topological polar surface area (TPSA) is 96.0 Å². The summed E-state index contributed by atoms with van der Waals surface area (Å²) in [4.78, 5) is 32.3. The van der Waals surface area contributed by atoms with Crippen molar-refractivity contribution in [3.63, 3.8) is 0 Å². The molecule has 10 nitrogen and oxygen atoms in total. The number of piperazine rings is 2. The van der Waals surface area contributed by atoms with Gasteiger partial charge >= 0.3 is 5.97 Å². The molecule has 2 aromatic heterocycles. The molecule has 1 aromatic carbocycles. The molecule has 5 rings (SSSR count). The fraction of sp³-hybridized carbons (Fsp3) is 0.448. The van der Waals surface area contributed by atoms with Crippen LogP contribution in [0, 0.1) is 0 Å². The Bertz CT molecular complexity index is 1290. The number of nitrogens with one attached hydrogen (secondary N) is 1. The zero-order valence-corrected chi connectivity index (χ0v) is 24.7.